The van der Waals surface area contributed by atoms with Gasteiger partial charge in [0.25, 0.3) is 5.69 Å². The predicted octanol–water partition coefficient (Wildman–Crippen LogP) is 3.25. The minimum Gasteiger partial charge on any atom is -0.618 e. The van der Waals surface area contributed by atoms with E-state index in [2.05, 4.69) is 4.98 Å². The summed E-state index contributed by atoms with van der Waals surface area (Å²) in [7, 11) is 0. The number of nitrogens with zero attached hydrogens (tertiary/aromatic N) is 2. The molecule has 0 unspecified atom stereocenters. The van der Waals surface area contributed by atoms with E-state index in [0.29, 0.717) is 15.7 Å². The Bertz CT molecular complexity index is 696. The van der Waals surface area contributed by atoms with Crippen LogP contribution >= 0.6 is 22.9 Å². The molecule has 0 saturated heterocycles. The van der Waals surface area contributed by atoms with Gasteiger partial charge < -0.3 is 5.21 Å². The molecule has 0 aliphatic heterocycles. The van der Waals surface area contributed by atoms with Crippen molar-refractivity contribution in [3.63, 3.8) is 0 Å². The van der Waals surface area contributed by atoms with Gasteiger partial charge in [-0.1, -0.05) is 17.7 Å². The van der Waals surface area contributed by atoms with Crippen LogP contribution in [-0.4, -0.2) is 4.98 Å². The Morgan fingerprint density at radius 3 is 2.82 bits per heavy atom. The van der Waals surface area contributed by atoms with Crippen LogP contribution in [0.15, 0.2) is 42.6 Å². The third-order valence-electron chi connectivity index (χ3n) is 2.41. The van der Waals surface area contributed by atoms with Crippen molar-refractivity contribution in [2.75, 3.05) is 0 Å². The van der Waals surface area contributed by atoms with Gasteiger partial charge in [-0.05, 0) is 18.2 Å². The average molecular weight is 263 g/mol. The molecule has 0 spiro atoms. The van der Waals surface area contributed by atoms with E-state index in [4.69, 9.17) is 11.6 Å². The van der Waals surface area contributed by atoms with Gasteiger partial charge in [-0.15, -0.1) is 11.3 Å². The summed E-state index contributed by atoms with van der Waals surface area (Å²) in [5.74, 6) is 0. The lowest BCUT2D eigenvalue weighted by atomic mass is 10.3. The Balaban J connectivity index is 2.26. The number of benzene rings is 1. The molecule has 3 aromatic rings. The van der Waals surface area contributed by atoms with E-state index in [1.807, 2.05) is 18.2 Å². The Labute approximate surface area is 107 Å². The summed E-state index contributed by atoms with van der Waals surface area (Å²) in [6, 6.07) is 10.9. The first-order valence-corrected chi connectivity index (χ1v) is 6.19. The smallest absolute Gasteiger partial charge is 0.252 e. The topological polar surface area (TPSA) is 39.8 Å². The molecule has 0 bridgehead atoms. The molecule has 0 aliphatic carbocycles. The Kier molecular flexibility index (Phi) is 2.46. The Morgan fingerprint density at radius 1 is 1.18 bits per heavy atom. The number of hydrogen-bond acceptors (Lipinski definition) is 3. The second kappa shape index (κ2) is 3.98. The van der Waals surface area contributed by atoms with Crippen molar-refractivity contribution in [3.05, 3.63) is 52.8 Å². The quantitative estimate of drug-likeness (QED) is 0.499. The fourth-order valence-corrected chi connectivity index (χ4v) is 2.90. The van der Waals surface area contributed by atoms with Gasteiger partial charge >= 0.3 is 0 Å². The van der Waals surface area contributed by atoms with Crippen molar-refractivity contribution in [2.45, 2.75) is 0 Å². The molecule has 1 aromatic carbocycles. The van der Waals surface area contributed by atoms with Gasteiger partial charge in [0.2, 0.25) is 0 Å². The van der Waals surface area contributed by atoms with Crippen LogP contribution in [0.1, 0.15) is 0 Å². The molecule has 2 aromatic heterocycles. The molecule has 0 radical (unpaired) electrons. The number of pyridine rings is 1. The largest absolute Gasteiger partial charge is 0.618 e. The van der Waals surface area contributed by atoms with E-state index in [1.54, 1.807) is 18.2 Å². The molecule has 5 heteroatoms. The molecule has 3 rings (SSSR count). The minimum atomic E-state index is 0.546. The van der Waals surface area contributed by atoms with Crippen molar-refractivity contribution < 1.29 is 4.73 Å². The molecule has 0 saturated carbocycles. The van der Waals surface area contributed by atoms with E-state index >= 15 is 0 Å². The summed E-state index contributed by atoms with van der Waals surface area (Å²) < 4.78 is 1.79. The zero-order valence-corrected chi connectivity index (χ0v) is 10.2. The number of thiazole rings is 1. The molecular weight excluding hydrogens is 256 g/mol. The first-order valence-electron chi connectivity index (χ1n) is 4.99. The van der Waals surface area contributed by atoms with Gasteiger partial charge in [0.15, 0.2) is 11.2 Å². The molecule has 2 heterocycles. The lowest BCUT2D eigenvalue weighted by Crippen LogP contribution is -2.27. The number of rotatable bonds is 1. The highest BCUT2D eigenvalue weighted by atomic mass is 35.5. The van der Waals surface area contributed by atoms with Crippen molar-refractivity contribution in [1.29, 1.82) is 0 Å². The SMILES string of the molecule is [O-][n+]1ccccc1-c1nc2c(Cl)cccc2s1. The van der Waals surface area contributed by atoms with E-state index in [-0.39, 0.29) is 0 Å². The molecule has 0 atom stereocenters. The third-order valence-corrected chi connectivity index (χ3v) is 3.76. The Hall–Kier alpha value is -1.65. The number of halogens is 1. The second-order valence-corrected chi connectivity index (χ2v) is 4.96. The third kappa shape index (κ3) is 1.75. The van der Waals surface area contributed by atoms with Crippen LogP contribution in [0, 0.1) is 5.21 Å². The zero-order chi connectivity index (χ0) is 11.8. The first kappa shape index (κ1) is 10.5. The number of fused-ring (bicyclic) bond motifs is 1. The van der Waals surface area contributed by atoms with Crippen LogP contribution in [0.25, 0.3) is 20.9 Å². The van der Waals surface area contributed by atoms with Crippen LogP contribution in [0.4, 0.5) is 0 Å². The summed E-state index contributed by atoms with van der Waals surface area (Å²) in [5.41, 5.74) is 1.29. The van der Waals surface area contributed by atoms with Crippen molar-refractivity contribution in [3.8, 4) is 10.7 Å². The van der Waals surface area contributed by atoms with Crippen molar-refractivity contribution >= 4 is 33.2 Å². The predicted molar refractivity (Wildman–Crippen MR) is 69.0 cm³/mol. The molecule has 17 heavy (non-hydrogen) atoms. The summed E-state index contributed by atoms with van der Waals surface area (Å²) in [4.78, 5) is 4.41. The lowest BCUT2D eigenvalue weighted by Gasteiger charge is -1.98. The van der Waals surface area contributed by atoms with Gasteiger partial charge in [-0.3, -0.25) is 0 Å². The summed E-state index contributed by atoms with van der Waals surface area (Å²) in [5, 5.41) is 12.9. The second-order valence-electron chi connectivity index (χ2n) is 3.52. The number of hydrogen-bond donors (Lipinski definition) is 0. The van der Waals surface area contributed by atoms with E-state index in [1.165, 1.54) is 17.5 Å². The van der Waals surface area contributed by atoms with E-state index in [9.17, 15) is 5.21 Å². The normalized spacial score (nSPS) is 10.9. The van der Waals surface area contributed by atoms with Crippen LogP contribution < -0.4 is 4.73 Å². The van der Waals surface area contributed by atoms with Crippen molar-refractivity contribution in [2.24, 2.45) is 0 Å². The van der Waals surface area contributed by atoms with E-state index in [0.717, 1.165) is 14.9 Å². The van der Waals surface area contributed by atoms with Crippen LogP contribution in [0.2, 0.25) is 5.02 Å². The fourth-order valence-electron chi connectivity index (χ4n) is 1.62. The monoisotopic (exact) mass is 262 g/mol. The molecule has 0 fully saturated rings. The average Bonchev–Trinajstić information content (AvgIpc) is 2.75. The van der Waals surface area contributed by atoms with Crippen LogP contribution in [0.3, 0.4) is 0 Å². The van der Waals surface area contributed by atoms with Gasteiger partial charge in [0.05, 0.1) is 9.72 Å². The molecule has 0 aliphatic rings. The minimum absolute atomic E-state index is 0.546. The standard InChI is InChI=1S/C12H7ClN2OS/c13-8-4-3-6-10-11(8)14-12(17-10)9-5-1-2-7-15(9)16/h1-7H. The van der Waals surface area contributed by atoms with E-state index < -0.39 is 0 Å². The molecule has 84 valence electrons. The maximum Gasteiger partial charge on any atom is 0.252 e. The highest BCUT2D eigenvalue weighted by Gasteiger charge is 2.14. The van der Waals surface area contributed by atoms with Crippen molar-refractivity contribution in [1.82, 2.24) is 4.98 Å². The maximum absolute atomic E-state index is 11.6. The first-order chi connectivity index (χ1) is 8.25. The Morgan fingerprint density at radius 2 is 2.06 bits per heavy atom. The molecule has 3 nitrogen and oxygen atoms in total. The molecular formula is C12H7ClN2OS. The number of aromatic nitrogens is 2. The summed E-state index contributed by atoms with van der Waals surface area (Å²) in [6.07, 6.45) is 1.46. The lowest BCUT2D eigenvalue weighted by molar-refractivity contribution is -0.593. The fraction of sp³-hybridized carbons (Fsp3) is 0. The molecule has 0 amide bonds. The van der Waals surface area contributed by atoms with Gasteiger partial charge in [-0.25, -0.2) is 4.98 Å². The number of para-hydroxylation sites is 1. The van der Waals surface area contributed by atoms with Crippen LogP contribution in [-0.2, 0) is 0 Å². The maximum atomic E-state index is 11.6. The molecule has 0 N–H and O–H groups in total. The summed E-state index contributed by atoms with van der Waals surface area (Å²) >= 11 is 7.52. The highest BCUT2D eigenvalue weighted by Crippen LogP contribution is 2.31. The van der Waals surface area contributed by atoms with Gasteiger partial charge in [0, 0.05) is 12.1 Å². The zero-order valence-electron chi connectivity index (χ0n) is 8.63. The van der Waals surface area contributed by atoms with Crippen LogP contribution in [0.5, 0.6) is 0 Å². The van der Waals surface area contributed by atoms with Gasteiger partial charge in [0.1, 0.15) is 5.52 Å². The van der Waals surface area contributed by atoms with Gasteiger partial charge in [-0.2, -0.15) is 4.73 Å². The highest BCUT2D eigenvalue weighted by molar-refractivity contribution is 7.21. The summed E-state index contributed by atoms with van der Waals surface area (Å²) in [6.45, 7) is 0.